The molecule has 26 heavy (non-hydrogen) atoms. The topological polar surface area (TPSA) is 37.8 Å². The second-order valence-corrected chi connectivity index (χ2v) is 7.41. The molecule has 0 aliphatic heterocycles. The van der Waals surface area contributed by atoms with Crippen molar-refractivity contribution in [3.63, 3.8) is 0 Å². The van der Waals surface area contributed by atoms with Gasteiger partial charge in [-0.1, -0.05) is 48.9 Å². The van der Waals surface area contributed by atoms with Crippen LogP contribution in [0.4, 0.5) is 11.5 Å². The summed E-state index contributed by atoms with van der Waals surface area (Å²) in [5.41, 5.74) is 5.80. The summed E-state index contributed by atoms with van der Waals surface area (Å²) in [6.45, 7) is 4.24. The first kappa shape index (κ1) is 17.0. The maximum atomic E-state index is 6.16. The lowest BCUT2D eigenvalue weighted by atomic mass is 10.0. The maximum Gasteiger partial charge on any atom is 0.225 e. The summed E-state index contributed by atoms with van der Waals surface area (Å²) in [5.74, 6) is 0.737. The van der Waals surface area contributed by atoms with E-state index >= 15 is 0 Å². The van der Waals surface area contributed by atoms with Crippen LogP contribution in [0.25, 0.3) is 21.3 Å². The van der Waals surface area contributed by atoms with Crippen molar-refractivity contribution in [2.24, 2.45) is 0 Å². The van der Waals surface area contributed by atoms with Gasteiger partial charge in [-0.05, 0) is 48.2 Å². The number of fused-ring (bicyclic) bond motifs is 1. The third-order valence-corrected chi connectivity index (χ3v) is 5.44. The number of anilines is 2. The predicted octanol–water partition coefficient (Wildman–Crippen LogP) is 6.63. The average molecular weight is 380 g/mol. The number of aryl methyl sites for hydroxylation is 2. The Morgan fingerprint density at radius 3 is 2.42 bits per heavy atom. The van der Waals surface area contributed by atoms with Crippen LogP contribution in [0.15, 0.2) is 53.9 Å². The molecule has 0 atom stereocenters. The molecule has 4 aromatic rings. The molecule has 0 saturated carbocycles. The molecule has 4 rings (SSSR count). The number of hydrogen-bond donors (Lipinski definition) is 1. The van der Waals surface area contributed by atoms with Gasteiger partial charge in [0.15, 0.2) is 0 Å². The smallest absolute Gasteiger partial charge is 0.225 e. The predicted molar refractivity (Wildman–Crippen MR) is 112 cm³/mol. The Balaban J connectivity index is 1.82. The van der Waals surface area contributed by atoms with E-state index in [9.17, 15) is 0 Å². The molecule has 5 heteroatoms. The molecule has 0 fully saturated rings. The molecule has 0 unspecified atom stereocenters. The minimum atomic E-state index is 0.252. The second-order valence-electron chi connectivity index (χ2n) is 6.21. The molecule has 0 spiro atoms. The molecule has 0 saturated heterocycles. The zero-order chi connectivity index (χ0) is 18.1. The van der Waals surface area contributed by atoms with Crippen LogP contribution in [0.1, 0.15) is 18.1 Å². The van der Waals surface area contributed by atoms with Crippen LogP contribution in [0.5, 0.6) is 0 Å². The zero-order valence-corrected chi connectivity index (χ0v) is 16.2. The molecule has 130 valence electrons. The standard InChI is InChI=1S/C21H18ClN3S/c1-3-14-6-10-16(11-7-14)23-19-18-17(15-8-4-13(2)5-9-15)12-26-20(18)25-21(22)24-19/h4-12H,3H2,1-2H3,(H,23,24,25). The largest absolute Gasteiger partial charge is 0.340 e. The van der Waals surface area contributed by atoms with Crippen LogP contribution in [0.2, 0.25) is 5.28 Å². The quantitative estimate of drug-likeness (QED) is 0.404. The summed E-state index contributed by atoms with van der Waals surface area (Å²) in [6, 6.07) is 16.9. The fraction of sp³-hybridized carbons (Fsp3) is 0.143. The van der Waals surface area contributed by atoms with Gasteiger partial charge in [0.2, 0.25) is 5.28 Å². The van der Waals surface area contributed by atoms with Gasteiger partial charge in [0.1, 0.15) is 10.6 Å². The van der Waals surface area contributed by atoms with E-state index < -0.39 is 0 Å². The van der Waals surface area contributed by atoms with Crippen LogP contribution in [0, 0.1) is 6.92 Å². The number of nitrogens with zero attached hydrogens (tertiary/aromatic N) is 2. The van der Waals surface area contributed by atoms with E-state index in [0.717, 1.165) is 39.3 Å². The van der Waals surface area contributed by atoms with E-state index in [0.29, 0.717) is 0 Å². The van der Waals surface area contributed by atoms with Gasteiger partial charge in [0, 0.05) is 16.6 Å². The van der Waals surface area contributed by atoms with Crippen LogP contribution in [0.3, 0.4) is 0 Å². The normalized spacial score (nSPS) is 11.0. The number of aromatic nitrogens is 2. The third kappa shape index (κ3) is 3.30. The Morgan fingerprint density at radius 1 is 1.00 bits per heavy atom. The van der Waals surface area contributed by atoms with Crippen molar-refractivity contribution in [3.8, 4) is 11.1 Å². The van der Waals surface area contributed by atoms with Gasteiger partial charge in [0.25, 0.3) is 0 Å². The van der Waals surface area contributed by atoms with E-state index in [1.807, 2.05) is 0 Å². The number of thiophene rings is 1. The summed E-state index contributed by atoms with van der Waals surface area (Å²) < 4.78 is 0. The van der Waals surface area contributed by atoms with Crippen LogP contribution < -0.4 is 5.32 Å². The van der Waals surface area contributed by atoms with Crippen LogP contribution in [-0.4, -0.2) is 9.97 Å². The second kappa shape index (κ2) is 7.06. The molecule has 2 aromatic carbocycles. The average Bonchev–Trinajstić information content (AvgIpc) is 3.07. The molecule has 2 heterocycles. The van der Waals surface area contributed by atoms with Crippen molar-refractivity contribution in [1.82, 2.24) is 9.97 Å². The molecular formula is C21H18ClN3S. The van der Waals surface area contributed by atoms with Crippen molar-refractivity contribution >= 4 is 44.7 Å². The Hall–Kier alpha value is -2.43. The van der Waals surface area contributed by atoms with Crippen LogP contribution in [-0.2, 0) is 6.42 Å². The Kier molecular flexibility index (Phi) is 4.62. The van der Waals surface area contributed by atoms with E-state index in [1.165, 1.54) is 11.1 Å². The Labute approximate surface area is 161 Å². The highest BCUT2D eigenvalue weighted by molar-refractivity contribution is 7.17. The zero-order valence-electron chi connectivity index (χ0n) is 14.6. The van der Waals surface area contributed by atoms with Gasteiger partial charge in [-0.15, -0.1) is 11.3 Å². The molecule has 0 radical (unpaired) electrons. The first-order chi connectivity index (χ1) is 12.6. The lowest BCUT2D eigenvalue weighted by molar-refractivity contribution is 1.14. The van der Waals surface area contributed by atoms with Crippen molar-refractivity contribution in [1.29, 1.82) is 0 Å². The summed E-state index contributed by atoms with van der Waals surface area (Å²) >= 11 is 7.74. The van der Waals surface area contributed by atoms with Gasteiger partial charge in [-0.25, -0.2) is 4.98 Å². The molecule has 0 aliphatic carbocycles. The fourth-order valence-corrected chi connectivity index (χ4v) is 4.08. The van der Waals surface area contributed by atoms with Crippen molar-refractivity contribution in [2.75, 3.05) is 5.32 Å². The highest BCUT2D eigenvalue weighted by Crippen LogP contribution is 2.38. The van der Waals surface area contributed by atoms with Crippen LogP contribution >= 0.6 is 22.9 Å². The van der Waals surface area contributed by atoms with Gasteiger partial charge < -0.3 is 5.32 Å². The summed E-state index contributed by atoms with van der Waals surface area (Å²) in [5, 5.41) is 6.79. The van der Waals surface area contributed by atoms with E-state index in [4.69, 9.17) is 11.6 Å². The molecule has 0 aliphatic rings. The number of rotatable bonds is 4. The van der Waals surface area contributed by atoms with Gasteiger partial charge >= 0.3 is 0 Å². The minimum absolute atomic E-state index is 0.252. The lowest BCUT2D eigenvalue weighted by Crippen LogP contribution is -1.97. The summed E-state index contributed by atoms with van der Waals surface area (Å²) in [4.78, 5) is 9.75. The van der Waals surface area contributed by atoms with Crippen molar-refractivity contribution < 1.29 is 0 Å². The maximum absolute atomic E-state index is 6.16. The minimum Gasteiger partial charge on any atom is -0.340 e. The number of benzene rings is 2. The fourth-order valence-electron chi connectivity index (χ4n) is 2.91. The molecule has 2 aromatic heterocycles. The third-order valence-electron chi connectivity index (χ3n) is 4.39. The van der Waals surface area contributed by atoms with E-state index in [1.54, 1.807) is 11.3 Å². The summed E-state index contributed by atoms with van der Waals surface area (Å²) in [7, 11) is 0. The molecule has 0 bridgehead atoms. The first-order valence-corrected chi connectivity index (χ1v) is 9.77. The highest BCUT2D eigenvalue weighted by Gasteiger charge is 2.15. The monoisotopic (exact) mass is 379 g/mol. The van der Waals surface area contributed by atoms with Crippen molar-refractivity contribution in [3.05, 3.63) is 70.3 Å². The Morgan fingerprint density at radius 2 is 1.73 bits per heavy atom. The van der Waals surface area contributed by atoms with E-state index in [2.05, 4.69) is 83.0 Å². The number of nitrogens with one attached hydrogen (secondary N) is 1. The van der Waals surface area contributed by atoms with Crippen molar-refractivity contribution in [2.45, 2.75) is 20.3 Å². The Bertz CT molecular complexity index is 1050. The van der Waals surface area contributed by atoms with Gasteiger partial charge in [-0.3, -0.25) is 0 Å². The molecule has 1 N–H and O–H groups in total. The lowest BCUT2D eigenvalue weighted by Gasteiger charge is -2.10. The number of hydrogen-bond acceptors (Lipinski definition) is 4. The van der Waals surface area contributed by atoms with Gasteiger partial charge in [0.05, 0.1) is 5.39 Å². The summed E-state index contributed by atoms with van der Waals surface area (Å²) in [6.07, 6.45) is 1.02. The number of halogens is 1. The molecular weight excluding hydrogens is 362 g/mol. The van der Waals surface area contributed by atoms with Gasteiger partial charge in [-0.2, -0.15) is 4.98 Å². The SMILES string of the molecule is CCc1ccc(Nc2nc(Cl)nc3scc(-c4ccc(C)cc4)c23)cc1. The first-order valence-electron chi connectivity index (χ1n) is 8.52. The molecule has 3 nitrogen and oxygen atoms in total. The molecule has 0 amide bonds. The van der Waals surface area contributed by atoms with E-state index in [-0.39, 0.29) is 5.28 Å². The highest BCUT2D eigenvalue weighted by atomic mass is 35.5.